The summed E-state index contributed by atoms with van der Waals surface area (Å²) in [5, 5.41) is 4.54. The first-order valence-corrected chi connectivity index (χ1v) is 8.36. The molecule has 2 rings (SSSR count). The van der Waals surface area contributed by atoms with Crippen LogP contribution < -0.4 is 16.4 Å². The number of anilines is 1. The molecule has 1 aromatic heterocycles. The first-order chi connectivity index (χ1) is 11.4. The Morgan fingerprint density at radius 1 is 1.46 bits per heavy atom. The van der Waals surface area contributed by atoms with Crippen molar-refractivity contribution < 1.29 is 19.1 Å². The predicted molar refractivity (Wildman–Crippen MR) is 87.4 cm³/mol. The van der Waals surface area contributed by atoms with E-state index in [4.69, 9.17) is 10.5 Å². The monoisotopic (exact) mass is 353 g/mol. The summed E-state index contributed by atoms with van der Waals surface area (Å²) < 4.78 is 4.83. The maximum atomic E-state index is 12.0. The number of nitrogen functional groups attached to an aromatic ring is 1. The number of nitrogens with zero attached hydrogens (tertiary/aromatic N) is 2. The molecule has 3 amide bonds. The van der Waals surface area contributed by atoms with Crippen LogP contribution in [0.5, 0.6) is 0 Å². The second-order valence-corrected chi connectivity index (χ2v) is 6.48. The van der Waals surface area contributed by atoms with E-state index < -0.39 is 23.2 Å². The molecule has 130 valence electrons. The van der Waals surface area contributed by atoms with Gasteiger partial charge in [0, 0.05) is 12.2 Å². The molecular formula is C14H19N5O4S. The lowest BCUT2D eigenvalue weighted by Gasteiger charge is -2.11. The number of hydrogen-bond acceptors (Lipinski definition) is 8. The van der Waals surface area contributed by atoms with E-state index in [1.54, 1.807) is 13.8 Å². The molecule has 1 aliphatic rings. The molecule has 1 saturated carbocycles. The van der Waals surface area contributed by atoms with Gasteiger partial charge in [0.05, 0.1) is 11.9 Å². The number of esters is 1. The highest BCUT2D eigenvalue weighted by molar-refractivity contribution is 8.00. The van der Waals surface area contributed by atoms with Crippen molar-refractivity contribution in [3.05, 3.63) is 11.8 Å². The summed E-state index contributed by atoms with van der Waals surface area (Å²) in [6.07, 6.45) is 3.13. The lowest BCUT2D eigenvalue weighted by Crippen LogP contribution is -2.43. The Morgan fingerprint density at radius 3 is 2.75 bits per heavy atom. The number of nitrogens with one attached hydrogen (secondary N) is 2. The molecule has 0 aromatic carbocycles. The first-order valence-electron chi connectivity index (χ1n) is 7.48. The summed E-state index contributed by atoms with van der Waals surface area (Å²) in [5.41, 5.74) is 5.79. The van der Waals surface area contributed by atoms with E-state index in [1.165, 1.54) is 6.20 Å². The minimum atomic E-state index is -0.609. The topological polar surface area (TPSA) is 136 Å². The van der Waals surface area contributed by atoms with Gasteiger partial charge in [0.15, 0.2) is 5.16 Å². The van der Waals surface area contributed by atoms with E-state index in [1.807, 2.05) is 0 Å². The van der Waals surface area contributed by atoms with Crippen molar-refractivity contribution in [1.82, 2.24) is 20.6 Å². The largest absolute Gasteiger partial charge is 0.462 e. The zero-order valence-corrected chi connectivity index (χ0v) is 14.2. The molecule has 10 heteroatoms. The summed E-state index contributed by atoms with van der Waals surface area (Å²) in [6.45, 7) is 3.51. The van der Waals surface area contributed by atoms with E-state index in [9.17, 15) is 14.4 Å². The molecule has 1 aliphatic carbocycles. The SMILES string of the molecule is CCOC(=O)c1cnc(SC(C)C(=O)NC(=O)NC2CC2)nc1N. The van der Waals surface area contributed by atoms with Gasteiger partial charge in [-0.2, -0.15) is 0 Å². The molecule has 0 saturated heterocycles. The lowest BCUT2D eigenvalue weighted by atomic mass is 10.3. The average molecular weight is 353 g/mol. The van der Waals surface area contributed by atoms with Crippen LogP contribution in [0.4, 0.5) is 10.6 Å². The van der Waals surface area contributed by atoms with Crippen molar-refractivity contribution in [3.63, 3.8) is 0 Å². The number of thioether (sulfide) groups is 1. The number of rotatable bonds is 6. The Kier molecular flexibility index (Phi) is 5.96. The van der Waals surface area contributed by atoms with Gasteiger partial charge in [-0.3, -0.25) is 10.1 Å². The summed E-state index contributed by atoms with van der Waals surface area (Å²) in [4.78, 5) is 43.1. The second kappa shape index (κ2) is 7.95. The minimum Gasteiger partial charge on any atom is -0.462 e. The molecular weight excluding hydrogens is 334 g/mol. The Morgan fingerprint density at radius 2 is 2.17 bits per heavy atom. The molecule has 1 fully saturated rings. The standard InChI is InChI=1S/C14H19N5O4S/c1-3-23-12(21)9-6-16-14(18-10(9)15)24-7(2)11(20)19-13(22)17-8-4-5-8/h6-8H,3-5H2,1-2H3,(H2,15,16,18)(H2,17,19,20,22). The number of aromatic nitrogens is 2. The van der Waals surface area contributed by atoms with Crippen LogP contribution in [0.2, 0.25) is 0 Å². The normalized spacial score (nSPS) is 14.6. The number of nitrogens with two attached hydrogens (primary N) is 1. The summed E-state index contributed by atoms with van der Waals surface area (Å²) >= 11 is 1.03. The van der Waals surface area contributed by atoms with Gasteiger partial charge in [0.25, 0.3) is 0 Å². The van der Waals surface area contributed by atoms with Gasteiger partial charge in [0.2, 0.25) is 5.91 Å². The fourth-order valence-electron chi connectivity index (χ4n) is 1.68. The average Bonchev–Trinajstić information content (AvgIpc) is 3.31. The minimum absolute atomic E-state index is 0.0231. The third-order valence-corrected chi connectivity index (χ3v) is 4.07. The van der Waals surface area contributed by atoms with Gasteiger partial charge in [0.1, 0.15) is 11.4 Å². The second-order valence-electron chi connectivity index (χ2n) is 5.17. The van der Waals surface area contributed by atoms with Crippen LogP contribution in [0.15, 0.2) is 11.4 Å². The number of urea groups is 1. The number of carbonyl (C=O) groups excluding carboxylic acids is 3. The van der Waals surface area contributed by atoms with Gasteiger partial charge in [-0.25, -0.2) is 19.6 Å². The zero-order chi connectivity index (χ0) is 17.7. The molecule has 9 nitrogen and oxygen atoms in total. The van der Waals surface area contributed by atoms with Crippen LogP contribution in [0.25, 0.3) is 0 Å². The maximum Gasteiger partial charge on any atom is 0.343 e. The van der Waals surface area contributed by atoms with Crippen LogP contribution in [-0.4, -0.2) is 45.8 Å². The van der Waals surface area contributed by atoms with E-state index >= 15 is 0 Å². The van der Waals surface area contributed by atoms with E-state index in [0.29, 0.717) is 0 Å². The summed E-state index contributed by atoms with van der Waals surface area (Å²) in [6, 6.07) is -0.340. The molecule has 1 aromatic rings. The molecule has 0 radical (unpaired) electrons. The van der Waals surface area contributed by atoms with Crippen molar-refractivity contribution in [2.45, 2.75) is 43.1 Å². The molecule has 0 spiro atoms. The molecule has 24 heavy (non-hydrogen) atoms. The van der Waals surface area contributed by atoms with Gasteiger partial charge >= 0.3 is 12.0 Å². The number of carbonyl (C=O) groups is 3. The number of hydrogen-bond donors (Lipinski definition) is 3. The van der Waals surface area contributed by atoms with Crippen molar-refractivity contribution in [2.24, 2.45) is 0 Å². The lowest BCUT2D eigenvalue weighted by molar-refractivity contribution is -0.119. The molecule has 4 N–H and O–H groups in total. The number of amides is 3. The van der Waals surface area contributed by atoms with Crippen molar-refractivity contribution in [3.8, 4) is 0 Å². The Balaban J connectivity index is 1.91. The smallest absolute Gasteiger partial charge is 0.343 e. The molecule has 0 aliphatic heterocycles. The zero-order valence-electron chi connectivity index (χ0n) is 13.4. The van der Waals surface area contributed by atoms with Crippen molar-refractivity contribution >= 4 is 35.5 Å². The number of ether oxygens (including phenoxy) is 1. The molecule has 0 bridgehead atoms. The third-order valence-electron chi connectivity index (χ3n) is 3.09. The van der Waals surface area contributed by atoms with Crippen LogP contribution in [0.1, 0.15) is 37.0 Å². The van der Waals surface area contributed by atoms with Gasteiger partial charge in [-0.1, -0.05) is 11.8 Å². The highest BCUT2D eigenvalue weighted by Gasteiger charge is 2.25. The van der Waals surface area contributed by atoms with Crippen molar-refractivity contribution in [2.75, 3.05) is 12.3 Å². The van der Waals surface area contributed by atoms with E-state index in [-0.39, 0.29) is 29.2 Å². The maximum absolute atomic E-state index is 12.0. The van der Waals surface area contributed by atoms with Crippen LogP contribution in [-0.2, 0) is 9.53 Å². The fraction of sp³-hybridized carbons (Fsp3) is 0.500. The van der Waals surface area contributed by atoms with E-state index in [0.717, 1.165) is 24.6 Å². The van der Waals surface area contributed by atoms with Crippen LogP contribution in [0, 0.1) is 0 Å². The summed E-state index contributed by atoms with van der Waals surface area (Å²) in [7, 11) is 0. The highest BCUT2D eigenvalue weighted by atomic mass is 32.2. The molecule has 1 heterocycles. The Bertz CT molecular complexity index is 650. The predicted octanol–water partition coefficient (Wildman–Crippen LogP) is 0.704. The first kappa shape index (κ1) is 18.0. The van der Waals surface area contributed by atoms with Gasteiger partial charge in [-0.15, -0.1) is 0 Å². The van der Waals surface area contributed by atoms with Gasteiger partial charge in [-0.05, 0) is 26.7 Å². The fourth-order valence-corrected chi connectivity index (χ4v) is 2.42. The third kappa shape index (κ3) is 5.08. The summed E-state index contributed by atoms with van der Waals surface area (Å²) in [5.74, 6) is -1.09. The van der Waals surface area contributed by atoms with Crippen LogP contribution in [0.3, 0.4) is 0 Å². The molecule has 1 unspecified atom stereocenters. The Labute approximate surface area is 143 Å². The van der Waals surface area contributed by atoms with Crippen LogP contribution >= 0.6 is 11.8 Å². The van der Waals surface area contributed by atoms with Crippen molar-refractivity contribution in [1.29, 1.82) is 0 Å². The molecule has 1 atom stereocenters. The Hall–Kier alpha value is -2.36. The number of imide groups is 1. The quantitative estimate of drug-likeness (QED) is 0.386. The highest BCUT2D eigenvalue weighted by Crippen LogP contribution is 2.22. The van der Waals surface area contributed by atoms with E-state index in [2.05, 4.69) is 20.6 Å². The van der Waals surface area contributed by atoms with Gasteiger partial charge < -0.3 is 15.8 Å².